The van der Waals surface area contributed by atoms with Crippen molar-refractivity contribution in [3.05, 3.63) is 0 Å². The Balaban J connectivity index is 4.60. The molecule has 6 heteroatoms. The van der Waals surface area contributed by atoms with Crippen LogP contribution in [0.25, 0.3) is 0 Å². The van der Waals surface area contributed by atoms with E-state index >= 15 is 0 Å². The Kier molecular flexibility index (Phi) is 6.70. The SMILES string of the molecule is CC(C)(C)CC(C)(C)OC(C)(C)CCOC(C)(C)S(=O)(=O)O. The van der Waals surface area contributed by atoms with E-state index in [0.717, 1.165) is 6.42 Å². The zero-order chi connectivity index (χ0) is 18.0. The first-order chi connectivity index (χ1) is 9.37. The van der Waals surface area contributed by atoms with Crippen LogP contribution in [0.5, 0.6) is 0 Å². The van der Waals surface area contributed by atoms with E-state index in [1.54, 1.807) is 0 Å². The highest BCUT2D eigenvalue weighted by Crippen LogP contribution is 2.33. The quantitative estimate of drug-likeness (QED) is 0.677. The molecule has 0 aromatic carbocycles. The summed E-state index contributed by atoms with van der Waals surface area (Å²) >= 11 is 0. The van der Waals surface area contributed by atoms with Gasteiger partial charge in [0.05, 0.1) is 17.8 Å². The minimum Gasteiger partial charge on any atom is -0.370 e. The zero-order valence-corrected chi connectivity index (χ0v) is 16.4. The molecule has 0 aliphatic rings. The lowest BCUT2D eigenvalue weighted by atomic mass is 9.83. The van der Waals surface area contributed by atoms with Gasteiger partial charge in [-0.2, -0.15) is 8.42 Å². The van der Waals surface area contributed by atoms with Crippen LogP contribution in [-0.4, -0.2) is 35.7 Å². The summed E-state index contributed by atoms with van der Waals surface area (Å²) < 4.78 is 43.0. The molecule has 5 nitrogen and oxygen atoms in total. The third-order valence-electron chi connectivity index (χ3n) is 3.28. The van der Waals surface area contributed by atoms with Crippen molar-refractivity contribution in [3.8, 4) is 0 Å². The van der Waals surface area contributed by atoms with Crippen molar-refractivity contribution in [2.75, 3.05) is 6.61 Å². The lowest BCUT2D eigenvalue weighted by molar-refractivity contribution is -0.147. The van der Waals surface area contributed by atoms with Crippen LogP contribution in [0.4, 0.5) is 0 Å². The standard InChI is InChI=1S/C16H34O5S/c1-13(2,3)12-15(6,7)21-14(4,5)10-11-20-16(8,9)22(17,18)19/h10-12H2,1-9H3,(H,17,18,19). The van der Waals surface area contributed by atoms with Gasteiger partial charge in [-0.3, -0.25) is 4.55 Å². The van der Waals surface area contributed by atoms with Gasteiger partial charge >= 0.3 is 0 Å². The van der Waals surface area contributed by atoms with E-state index in [9.17, 15) is 8.42 Å². The highest BCUT2D eigenvalue weighted by atomic mass is 32.2. The third kappa shape index (κ3) is 8.46. The largest absolute Gasteiger partial charge is 0.370 e. The number of hydrogen-bond donors (Lipinski definition) is 1. The molecular formula is C16H34O5S. The van der Waals surface area contributed by atoms with E-state index in [1.807, 2.05) is 13.8 Å². The highest BCUT2D eigenvalue weighted by molar-refractivity contribution is 7.87. The van der Waals surface area contributed by atoms with Crippen LogP contribution in [0.15, 0.2) is 0 Å². The molecule has 0 atom stereocenters. The smallest absolute Gasteiger partial charge is 0.294 e. The summed E-state index contributed by atoms with van der Waals surface area (Å²) in [7, 11) is -4.24. The van der Waals surface area contributed by atoms with Gasteiger partial charge in [-0.25, -0.2) is 0 Å². The normalized spacial score (nSPS) is 15.2. The van der Waals surface area contributed by atoms with E-state index in [2.05, 4.69) is 34.6 Å². The first-order valence-corrected chi connectivity index (χ1v) is 9.12. The van der Waals surface area contributed by atoms with Crippen LogP contribution in [0.1, 0.15) is 75.2 Å². The van der Waals surface area contributed by atoms with Gasteiger partial charge < -0.3 is 9.47 Å². The second kappa shape index (κ2) is 6.75. The van der Waals surface area contributed by atoms with Crippen molar-refractivity contribution >= 4 is 10.1 Å². The number of rotatable bonds is 8. The van der Waals surface area contributed by atoms with Crippen molar-refractivity contribution in [1.29, 1.82) is 0 Å². The molecule has 0 aliphatic heterocycles. The molecule has 0 heterocycles. The van der Waals surface area contributed by atoms with E-state index in [4.69, 9.17) is 14.0 Å². The summed E-state index contributed by atoms with van der Waals surface area (Å²) in [4.78, 5) is -1.61. The Morgan fingerprint density at radius 2 is 1.32 bits per heavy atom. The summed E-state index contributed by atoms with van der Waals surface area (Å²) in [6.45, 7) is 17.4. The molecular weight excluding hydrogens is 304 g/mol. The summed E-state index contributed by atoms with van der Waals surface area (Å²) in [6.07, 6.45) is 1.43. The molecule has 0 aliphatic carbocycles. The van der Waals surface area contributed by atoms with Gasteiger partial charge in [0, 0.05) is 0 Å². The highest BCUT2D eigenvalue weighted by Gasteiger charge is 2.36. The molecule has 0 aromatic heterocycles. The molecule has 0 saturated carbocycles. The average molecular weight is 339 g/mol. The summed E-state index contributed by atoms with van der Waals surface area (Å²) in [5, 5.41) is 0. The maximum Gasteiger partial charge on any atom is 0.294 e. The Morgan fingerprint density at radius 1 is 0.864 bits per heavy atom. The van der Waals surface area contributed by atoms with E-state index in [0.29, 0.717) is 6.42 Å². The lowest BCUT2D eigenvalue weighted by Crippen LogP contribution is -2.41. The van der Waals surface area contributed by atoms with Gasteiger partial charge in [0.15, 0.2) is 4.93 Å². The summed E-state index contributed by atoms with van der Waals surface area (Å²) in [5.41, 5.74) is -0.590. The van der Waals surface area contributed by atoms with Gasteiger partial charge in [0.25, 0.3) is 10.1 Å². The Bertz CT molecular complexity index is 455. The number of hydrogen-bond acceptors (Lipinski definition) is 4. The molecule has 0 unspecified atom stereocenters. The van der Waals surface area contributed by atoms with Crippen molar-refractivity contribution < 1.29 is 22.4 Å². The average Bonchev–Trinajstić information content (AvgIpc) is 2.07. The molecule has 0 radical (unpaired) electrons. The van der Waals surface area contributed by atoms with Crippen LogP contribution in [-0.2, 0) is 19.6 Å². The first kappa shape index (κ1) is 21.8. The first-order valence-electron chi connectivity index (χ1n) is 7.68. The fourth-order valence-electron chi connectivity index (χ4n) is 2.73. The van der Waals surface area contributed by atoms with Gasteiger partial charge in [-0.15, -0.1) is 0 Å². The molecule has 22 heavy (non-hydrogen) atoms. The summed E-state index contributed by atoms with van der Waals surface area (Å²) in [6, 6.07) is 0. The van der Waals surface area contributed by atoms with Crippen molar-refractivity contribution in [2.45, 2.75) is 91.3 Å². The van der Waals surface area contributed by atoms with Crippen LogP contribution < -0.4 is 0 Å². The van der Waals surface area contributed by atoms with Gasteiger partial charge in [-0.05, 0) is 59.8 Å². The Labute approximate surface area is 136 Å². The fraction of sp³-hybridized carbons (Fsp3) is 1.00. The molecule has 0 bridgehead atoms. The predicted molar refractivity (Wildman–Crippen MR) is 89.5 cm³/mol. The maximum absolute atomic E-state index is 11.2. The van der Waals surface area contributed by atoms with E-state index in [1.165, 1.54) is 13.8 Å². The van der Waals surface area contributed by atoms with Crippen molar-refractivity contribution in [3.63, 3.8) is 0 Å². The fourth-order valence-corrected chi connectivity index (χ4v) is 2.96. The molecule has 0 aromatic rings. The van der Waals surface area contributed by atoms with Gasteiger partial charge in [-0.1, -0.05) is 20.8 Å². The van der Waals surface area contributed by atoms with E-state index < -0.39 is 20.7 Å². The van der Waals surface area contributed by atoms with Crippen LogP contribution in [0, 0.1) is 5.41 Å². The lowest BCUT2D eigenvalue weighted by Gasteiger charge is -2.40. The molecule has 0 fully saturated rings. The van der Waals surface area contributed by atoms with Gasteiger partial charge in [0.1, 0.15) is 0 Å². The van der Waals surface area contributed by atoms with Crippen LogP contribution in [0.2, 0.25) is 0 Å². The minimum atomic E-state index is -4.24. The molecule has 0 amide bonds. The predicted octanol–water partition coefficient (Wildman–Crippen LogP) is 4.03. The van der Waals surface area contributed by atoms with Crippen LogP contribution in [0.3, 0.4) is 0 Å². The summed E-state index contributed by atoms with van der Waals surface area (Å²) in [5.74, 6) is 0. The van der Waals surface area contributed by atoms with Crippen LogP contribution >= 0.6 is 0 Å². The topological polar surface area (TPSA) is 72.8 Å². The van der Waals surface area contributed by atoms with Crippen molar-refractivity contribution in [2.24, 2.45) is 5.41 Å². The maximum atomic E-state index is 11.2. The molecule has 0 saturated heterocycles. The number of ether oxygens (including phenoxy) is 2. The molecule has 0 rings (SSSR count). The second-order valence-corrected chi connectivity index (χ2v) is 10.8. The molecule has 1 N–H and O–H groups in total. The Morgan fingerprint density at radius 3 is 1.68 bits per heavy atom. The molecule has 134 valence electrons. The van der Waals surface area contributed by atoms with E-state index in [-0.39, 0.29) is 17.6 Å². The van der Waals surface area contributed by atoms with Gasteiger partial charge in [0.2, 0.25) is 0 Å². The third-order valence-corrected chi connectivity index (χ3v) is 4.64. The monoisotopic (exact) mass is 338 g/mol. The molecule has 0 spiro atoms. The van der Waals surface area contributed by atoms with Crippen molar-refractivity contribution in [1.82, 2.24) is 0 Å². The second-order valence-electron chi connectivity index (χ2n) is 8.83. The zero-order valence-electron chi connectivity index (χ0n) is 15.6. The minimum absolute atomic E-state index is 0.156. The Hall–Kier alpha value is -0.170.